The Morgan fingerprint density at radius 3 is 2.85 bits per heavy atom. The molecule has 1 aromatic carbocycles. The maximum absolute atomic E-state index is 5.44. The van der Waals surface area contributed by atoms with E-state index in [1.807, 2.05) is 51.7 Å². The van der Waals surface area contributed by atoms with Crippen LogP contribution in [-0.4, -0.2) is 48.0 Å². The molecule has 0 N–H and O–H groups in total. The summed E-state index contributed by atoms with van der Waals surface area (Å²) in [5.41, 5.74) is 1.97. The summed E-state index contributed by atoms with van der Waals surface area (Å²) in [6.45, 7) is 1.49. The summed E-state index contributed by atoms with van der Waals surface area (Å²) < 4.78 is 9.32. The number of para-hydroxylation sites is 2. The maximum atomic E-state index is 5.44. The van der Waals surface area contributed by atoms with Gasteiger partial charge in [-0.15, -0.1) is 5.10 Å². The van der Waals surface area contributed by atoms with Crippen LogP contribution < -0.4 is 0 Å². The number of aromatic nitrogens is 7. The third-order valence-electron chi connectivity index (χ3n) is 4.60. The number of hydrogen-bond donors (Lipinski definition) is 0. The predicted molar refractivity (Wildman–Crippen MR) is 99.9 cm³/mol. The molecule has 4 heterocycles. The largest absolute Gasteiger partial charge is 0.381 e. The number of benzene rings is 1. The second-order valence-electron chi connectivity index (χ2n) is 6.29. The first kappa shape index (κ1) is 16.4. The van der Waals surface area contributed by atoms with Gasteiger partial charge in [-0.1, -0.05) is 18.2 Å². The fourth-order valence-electron chi connectivity index (χ4n) is 3.24. The summed E-state index contributed by atoms with van der Waals surface area (Å²) in [5, 5.41) is 13.8. The van der Waals surface area contributed by atoms with Gasteiger partial charge in [0.25, 0.3) is 0 Å². The van der Waals surface area contributed by atoms with E-state index in [-0.39, 0.29) is 6.04 Å². The molecule has 1 aliphatic rings. The molecule has 136 valence electrons. The van der Waals surface area contributed by atoms with Crippen molar-refractivity contribution in [3.63, 3.8) is 0 Å². The van der Waals surface area contributed by atoms with Crippen LogP contribution in [0.15, 0.2) is 59.0 Å². The predicted octanol–water partition coefficient (Wildman–Crippen LogP) is 2.91. The molecule has 1 aliphatic heterocycles. The number of hydrogen-bond acceptors (Lipinski definition) is 7. The molecule has 1 fully saturated rings. The van der Waals surface area contributed by atoms with Crippen LogP contribution >= 0.6 is 11.8 Å². The molecule has 4 aromatic rings. The van der Waals surface area contributed by atoms with Crippen LogP contribution in [0.2, 0.25) is 0 Å². The minimum atomic E-state index is 0.275. The Labute approximate surface area is 159 Å². The van der Waals surface area contributed by atoms with Gasteiger partial charge in [-0.05, 0) is 59.3 Å². The average molecular weight is 379 g/mol. The Balaban J connectivity index is 1.44. The highest BCUT2D eigenvalue weighted by Crippen LogP contribution is 2.29. The van der Waals surface area contributed by atoms with E-state index in [1.165, 1.54) is 11.8 Å². The van der Waals surface area contributed by atoms with Gasteiger partial charge < -0.3 is 4.74 Å². The second kappa shape index (κ2) is 7.09. The Kier molecular flexibility index (Phi) is 4.30. The summed E-state index contributed by atoms with van der Waals surface area (Å²) >= 11 is 1.47. The molecule has 0 bridgehead atoms. The first-order chi connectivity index (χ1) is 13.4. The molecule has 3 aromatic heterocycles. The maximum Gasteiger partial charge on any atom is 0.215 e. The lowest BCUT2D eigenvalue weighted by molar-refractivity contribution is 0.0631. The van der Waals surface area contributed by atoms with Gasteiger partial charge in [0.05, 0.1) is 17.1 Å². The Hall–Kier alpha value is -2.78. The summed E-state index contributed by atoms with van der Waals surface area (Å²) in [6.07, 6.45) is 3.65. The zero-order valence-electron chi connectivity index (χ0n) is 14.5. The first-order valence-corrected chi connectivity index (χ1v) is 9.63. The van der Waals surface area contributed by atoms with Gasteiger partial charge >= 0.3 is 0 Å². The quantitative estimate of drug-likeness (QED) is 0.539. The van der Waals surface area contributed by atoms with Crippen molar-refractivity contribution >= 4 is 22.8 Å². The molecule has 0 spiro atoms. The Morgan fingerprint density at radius 1 is 1.04 bits per heavy atom. The minimum Gasteiger partial charge on any atom is -0.381 e. The highest BCUT2D eigenvalue weighted by Gasteiger charge is 2.21. The van der Waals surface area contributed by atoms with Crippen molar-refractivity contribution < 1.29 is 4.74 Å². The molecule has 0 atom stereocenters. The van der Waals surface area contributed by atoms with E-state index in [0.29, 0.717) is 0 Å². The number of imidazole rings is 1. The van der Waals surface area contributed by atoms with Gasteiger partial charge in [-0.2, -0.15) is 0 Å². The third-order valence-corrected chi connectivity index (χ3v) is 5.49. The first-order valence-electron chi connectivity index (χ1n) is 8.81. The second-order valence-corrected chi connectivity index (χ2v) is 7.28. The van der Waals surface area contributed by atoms with Crippen molar-refractivity contribution in [2.45, 2.75) is 29.1 Å². The van der Waals surface area contributed by atoms with Gasteiger partial charge in [0, 0.05) is 13.2 Å². The van der Waals surface area contributed by atoms with Crippen LogP contribution in [0.4, 0.5) is 0 Å². The minimum absolute atomic E-state index is 0.275. The van der Waals surface area contributed by atoms with Gasteiger partial charge in [0.15, 0.2) is 0 Å². The molecule has 1 saturated heterocycles. The number of ether oxygens (including phenoxy) is 1. The van der Waals surface area contributed by atoms with Crippen LogP contribution in [-0.2, 0) is 4.74 Å². The zero-order chi connectivity index (χ0) is 18.1. The fraction of sp³-hybridized carbons (Fsp3) is 0.278. The van der Waals surface area contributed by atoms with Crippen molar-refractivity contribution in [2.75, 3.05) is 13.2 Å². The molecule has 8 nitrogen and oxygen atoms in total. The van der Waals surface area contributed by atoms with E-state index in [1.54, 1.807) is 6.33 Å². The zero-order valence-corrected chi connectivity index (χ0v) is 15.3. The van der Waals surface area contributed by atoms with Gasteiger partial charge in [-0.3, -0.25) is 4.57 Å². The summed E-state index contributed by atoms with van der Waals surface area (Å²) in [7, 11) is 0. The van der Waals surface area contributed by atoms with Crippen molar-refractivity contribution in [2.24, 2.45) is 0 Å². The Morgan fingerprint density at radius 2 is 1.93 bits per heavy atom. The van der Waals surface area contributed by atoms with Crippen LogP contribution in [0.1, 0.15) is 18.9 Å². The lowest BCUT2D eigenvalue weighted by atomic mass is 10.1. The Bertz CT molecular complexity index is 1070. The molecule has 0 radical (unpaired) electrons. The van der Waals surface area contributed by atoms with Gasteiger partial charge in [0.1, 0.15) is 17.2 Å². The van der Waals surface area contributed by atoms with Crippen molar-refractivity contribution in [1.82, 2.24) is 34.7 Å². The molecular formula is C18H17N7OS. The smallest absolute Gasteiger partial charge is 0.215 e. The molecule has 0 amide bonds. The highest BCUT2D eigenvalue weighted by atomic mass is 32.2. The van der Waals surface area contributed by atoms with Crippen molar-refractivity contribution in [3.05, 3.63) is 48.8 Å². The molecule has 5 rings (SSSR count). The fourth-order valence-corrected chi connectivity index (χ4v) is 4.07. The van der Waals surface area contributed by atoms with E-state index < -0.39 is 0 Å². The molecule has 9 heteroatoms. The number of rotatable bonds is 4. The standard InChI is InChI=1S/C18H17N7OS/c1-2-5-15-14(4-1)19-12-24(15)16-6-3-7-17(20-16)27-18-21-22-23-25(18)13-8-10-26-11-9-13/h1-7,12-13H,8-11H2. The van der Waals surface area contributed by atoms with E-state index in [9.17, 15) is 0 Å². The van der Waals surface area contributed by atoms with Crippen LogP contribution in [0, 0.1) is 0 Å². The highest BCUT2D eigenvalue weighted by molar-refractivity contribution is 7.99. The summed E-state index contributed by atoms with van der Waals surface area (Å²) in [5.74, 6) is 0.818. The van der Waals surface area contributed by atoms with Crippen LogP contribution in [0.5, 0.6) is 0 Å². The molecule has 0 aliphatic carbocycles. The third kappa shape index (κ3) is 3.19. The van der Waals surface area contributed by atoms with E-state index in [0.717, 1.165) is 53.1 Å². The molecule has 0 saturated carbocycles. The van der Waals surface area contributed by atoms with Crippen LogP contribution in [0.3, 0.4) is 0 Å². The number of nitrogens with zero attached hydrogens (tertiary/aromatic N) is 7. The lowest BCUT2D eigenvalue weighted by Gasteiger charge is -2.22. The van der Waals surface area contributed by atoms with Crippen molar-refractivity contribution in [3.8, 4) is 5.82 Å². The number of pyridine rings is 1. The normalized spacial score (nSPS) is 15.4. The molecule has 27 heavy (non-hydrogen) atoms. The average Bonchev–Trinajstić information content (AvgIpc) is 3.36. The molecular weight excluding hydrogens is 362 g/mol. The van der Waals surface area contributed by atoms with Crippen LogP contribution in [0.25, 0.3) is 16.9 Å². The van der Waals surface area contributed by atoms with Gasteiger partial charge in [0.2, 0.25) is 5.16 Å². The van der Waals surface area contributed by atoms with E-state index in [2.05, 4.69) is 20.5 Å². The monoisotopic (exact) mass is 379 g/mol. The summed E-state index contributed by atoms with van der Waals surface area (Å²) in [4.78, 5) is 9.22. The summed E-state index contributed by atoms with van der Waals surface area (Å²) in [6, 6.07) is 14.2. The van der Waals surface area contributed by atoms with Gasteiger partial charge in [-0.25, -0.2) is 14.6 Å². The number of fused-ring (bicyclic) bond motifs is 1. The SMILES string of the molecule is c1cc(Sc2nnnn2C2CCOCC2)nc(-n2cnc3ccccc32)c1. The lowest BCUT2D eigenvalue weighted by Crippen LogP contribution is -2.21. The van der Waals surface area contributed by atoms with Crippen molar-refractivity contribution in [1.29, 1.82) is 0 Å². The number of tetrazole rings is 1. The topological polar surface area (TPSA) is 83.5 Å². The van der Waals surface area contributed by atoms with E-state index in [4.69, 9.17) is 9.72 Å². The van der Waals surface area contributed by atoms with E-state index >= 15 is 0 Å². The molecule has 0 unspecified atom stereocenters.